The number of amides is 1. The first-order valence-electron chi connectivity index (χ1n) is 8.11. The van der Waals surface area contributed by atoms with Gasteiger partial charge in [-0.3, -0.25) is 4.79 Å². The minimum atomic E-state index is -0.108. The van der Waals surface area contributed by atoms with Gasteiger partial charge >= 0.3 is 0 Å². The van der Waals surface area contributed by atoms with E-state index in [-0.39, 0.29) is 5.91 Å². The van der Waals surface area contributed by atoms with Crippen LogP contribution in [0.1, 0.15) is 30.6 Å². The van der Waals surface area contributed by atoms with Gasteiger partial charge in [0.15, 0.2) is 4.34 Å². The van der Waals surface area contributed by atoms with Crippen molar-refractivity contribution in [3.63, 3.8) is 0 Å². The largest absolute Gasteiger partial charge is 0.322 e. The summed E-state index contributed by atoms with van der Waals surface area (Å²) in [6.45, 7) is 4.47. The monoisotopic (exact) mass is 434 g/mol. The number of halogens is 1. The molecule has 0 aliphatic carbocycles. The number of carbonyl (C=O) groups excluding carboxylic acids is 1. The minimum Gasteiger partial charge on any atom is -0.322 e. The third-order valence-electron chi connectivity index (χ3n) is 3.65. The molecule has 1 aromatic heterocycles. The number of thiazole rings is 1. The number of nitrogens with one attached hydrogen (secondary N) is 1. The maximum absolute atomic E-state index is 12.3. The Kier molecular flexibility index (Phi) is 6.15. The van der Waals surface area contributed by atoms with E-state index in [9.17, 15) is 4.79 Å². The SMILES string of the molecule is CC(C)CCSc1nc2ccc(NC(=O)c3ccc(Br)cc3)cc2s1. The van der Waals surface area contributed by atoms with E-state index >= 15 is 0 Å². The zero-order valence-electron chi connectivity index (χ0n) is 14.1. The van der Waals surface area contributed by atoms with Crippen molar-refractivity contribution in [2.24, 2.45) is 5.92 Å². The minimum absolute atomic E-state index is 0.108. The van der Waals surface area contributed by atoms with Gasteiger partial charge in [-0.05, 0) is 54.8 Å². The highest BCUT2D eigenvalue weighted by Crippen LogP contribution is 2.32. The molecule has 6 heteroatoms. The molecule has 0 spiro atoms. The van der Waals surface area contributed by atoms with Crippen LogP contribution < -0.4 is 5.32 Å². The van der Waals surface area contributed by atoms with Crippen LogP contribution >= 0.6 is 39.0 Å². The quantitative estimate of drug-likeness (QED) is 0.453. The molecule has 1 amide bonds. The zero-order valence-corrected chi connectivity index (χ0v) is 17.3. The second kappa shape index (κ2) is 8.34. The molecule has 3 rings (SSSR count). The summed E-state index contributed by atoms with van der Waals surface area (Å²) in [6.07, 6.45) is 1.19. The van der Waals surface area contributed by atoms with Crippen molar-refractivity contribution < 1.29 is 4.79 Å². The van der Waals surface area contributed by atoms with Crippen LogP contribution in [0, 0.1) is 5.92 Å². The Balaban J connectivity index is 1.70. The van der Waals surface area contributed by atoms with E-state index in [1.807, 2.05) is 42.1 Å². The van der Waals surface area contributed by atoms with Gasteiger partial charge in [-0.1, -0.05) is 41.5 Å². The average molecular weight is 435 g/mol. The Labute approximate surface area is 164 Å². The van der Waals surface area contributed by atoms with Crippen LogP contribution in [0.2, 0.25) is 0 Å². The summed E-state index contributed by atoms with van der Waals surface area (Å²) in [4.78, 5) is 17.0. The fourth-order valence-electron chi connectivity index (χ4n) is 2.23. The molecule has 0 unspecified atom stereocenters. The summed E-state index contributed by atoms with van der Waals surface area (Å²) in [7, 11) is 0. The van der Waals surface area contributed by atoms with Crippen LogP contribution in [0.4, 0.5) is 5.69 Å². The van der Waals surface area contributed by atoms with Crippen molar-refractivity contribution in [3.8, 4) is 0 Å². The summed E-state index contributed by atoms with van der Waals surface area (Å²) in [5, 5.41) is 2.96. The molecule has 0 saturated carbocycles. The number of fused-ring (bicyclic) bond motifs is 1. The molecule has 2 aromatic carbocycles. The highest BCUT2D eigenvalue weighted by Gasteiger charge is 2.09. The van der Waals surface area contributed by atoms with Gasteiger partial charge in [0.25, 0.3) is 5.91 Å². The van der Waals surface area contributed by atoms with E-state index < -0.39 is 0 Å². The third-order valence-corrected chi connectivity index (χ3v) is 6.38. The van der Waals surface area contributed by atoms with Crippen molar-refractivity contribution in [1.82, 2.24) is 4.98 Å². The highest BCUT2D eigenvalue weighted by molar-refractivity contribution is 9.10. The van der Waals surface area contributed by atoms with Crippen molar-refractivity contribution in [2.75, 3.05) is 11.1 Å². The lowest BCUT2D eigenvalue weighted by Crippen LogP contribution is -2.11. The maximum atomic E-state index is 12.3. The molecule has 130 valence electrons. The molecule has 0 radical (unpaired) electrons. The average Bonchev–Trinajstić information content (AvgIpc) is 2.97. The summed E-state index contributed by atoms with van der Waals surface area (Å²) < 4.78 is 3.14. The van der Waals surface area contributed by atoms with Gasteiger partial charge in [-0.15, -0.1) is 11.3 Å². The van der Waals surface area contributed by atoms with Gasteiger partial charge in [-0.2, -0.15) is 0 Å². The summed E-state index contributed by atoms with van der Waals surface area (Å²) >= 11 is 6.87. The molecule has 3 aromatic rings. The molecule has 25 heavy (non-hydrogen) atoms. The molecule has 0 fully saturated rings. The van der Waals surface area contributed by atoms with Gasteiger partial charge < -0.3 is 5.32 Å². The van der Waals surface area contributed by atoms with E-state index in [2.05, 4.69) is 40.1 Å². The van der Waals surface area contributed by atoms with Crippen LogP contribution in [-0.2, 0) is 0 Å². The standard InChI is InChI=1S/C19H19BrN2OS2/c1-12(2)9-10-24-19-22-16-8-7-15(11-17(16)25-19)21-18(23)13-3-5-14(20)6-4-13/h3-8,11-12H,9-10H2,1-2H3,(H,21,23). The molecule has 0 saturated heterocycles. The van der Waals surface area contributed by atoms with Gasteiger partial charge in [0, 0.05) is 21.5 Å². The smallest absolute Gasteiger partial charge is 0.255 e. The first-order valence-corrected chi connectivity index (χ1v) is 10.7. The lowest BCUT2D eigenvalue weighted by Gasteiger charge is -2.05. The predicted molar refractivity (Wildman–Crippen MR) is 112 cm³/mol. The van der Waals surface area contributed by atoms with Crippen molar-refractivity contribution >= 4 is 60.8 Å². The van der Waals surface area contributed by atoms with E-state index in [0.29, 0.717) is 11.5 Å². The molecule has 0 atom stereocenters. The van der Waals surface area contributed by atoms with E-state index in [4.69, 9.17) is 0 Å². The van der Waals surface area contributed by atoms with E-state index in [0.717, 1.165) is 30.5 Å². The summed E-state index contributed by atoms with van der Waals surface area (Å²) in [5.41, 5.74) is 2.42. The third kappa shape index (κ3) is 5.06. The Morgan fingerprint density at radius 3 is 2.72 bits per heavy atom. The summed E-state index contributed by atoms with van der Waals surface area (Å²) in [5.74, 6) is 1.69. The first-order chi connectivity index (χ1) is 12.0. The Bertz CT molecular complexity index is 875. The van der Waals surface area contributed by atoms with Crippen LogP contribution in [0.3, 0.4) is 0 Å². The molecule has 1 heterocycles. The van der Waals surface area contributed by atoms with E-state index in [1.165, 1.54) is 6.42 Å². The Morgan fingerprint density at radius 1 is 1.24 bits per heavy atom. The number of hydrogen-bond donors (Lipinski definition) is 1. The van der Waals surface area contributed by atoms with Gasteiger partial charge in [0.1, 0.15) is 0 Å². The molecule has 0 aliphatic heterocycles. The number of rotatable bonds is 6. The molecule has 1 N–H and O–H groups in total. The molecular formula is C19H19BrN2OS2. The molecular weight excluding hydrogens is 416 g/mol. The topological polar surface area (TPSA) is 42.0 Å². The van der Waals surface area contributed by atoms with Gasteiger partial charge in [0.2, 0.25) is 0 Å². The highest BCUT2D eigenvalue weighted by atomic mass is 79.9. The molecule has 0 bridgehead atoms. The van der Waals surface area contributed by atoms with Crippen molar-refractivity contribution in [2.45, 2.75) is 24.6 Å². The second-order valence-electron chi connectivity index (χ2n) is 6.15. The number of thioether (sulfide) groups is 1. The zero-order chi connectivity index (χ0) is 17.8. The van der Waals surface area contributed by atoms with Crippen molar-refractivity contribution in [1.29, 1.82) is 0 Å². The Morgan fingerprint density at radius 2 is 2.00 bits per heavy atom. The van der Waals surface area contributed by atoms with Crippen molar-refractivity contribution in [3.05, 3.63) is 52.5 Å². The first kappa shape index (κ1) is 18.4. The predicted octanol–water partition coefficient (Wildman–Crippen LogP) is 6.45. The lowest BCUT2D eigenvalue weighted by atomic mass is 10.2. The number of aromatic nitrogens is 1. The molecule has 0 aliphatic rings. The lowest BCUT2D eigenvalue weighted by molar-refractivity contribution is 0.102. The normalized spacial score (nSPS) is 11.2. The van der Waals surface area contributed by atoms with Crippen LogP contribution in [0.5, 0.6) is 0 Å². The Hall–Kier alpha value is -1.37. The van der Waals surface area contributed by atoms with Crippen LogP contribution in [0.25, 0.3) is 10.2 Å². The second-order valence-corrected chi connectivity index (χ2v) is 9.44. The fraction of sp³-hybridized carbons (Fsp3) is 0.263. The van der Waals surface area contributed by atoms with E-state index in [1.54, 1.807) is 23.5 Å². The van der Waals surface area contributed by atoms with Gasteiger partial charge in [-0.25, -0.2) is 4.98 Å². The maximum Gasteiger partial charge on any atom is 0.255 e. The molecule has 3 nitrogen and oxygen atoms in total. The number of benzene rings is 2. The van der Waals surface area contributed by atoms with Gasteiger partial charge in [0.05, 0.1) is 10.2 Å². The fourth-order valence-corrected chi connectivity index (χ4v) is 4.91. The summed E-state index contributed by atoms with van der Waals surface area (Å²) in [6, 6.07) is 13.2. The number of hydrogen-bond acceptors (Lipinski definition) is 4. The van der Waals surface area contributed by atoms with Crippen LogP contribution in [-0.4, -0.2) is 16.6 Å². The number of nitrogens with zero attached hydrogens (tertiary/aromatic N) is 1. The number of carbonyl (C=O) groups is 1. The van der Waals surface area contributed by atoms with Crippen LogP contribution in [0.15, 0.2) is 51.3 Å². The number of anilines is 1.